The third kappa shape index (κ3) is 4.51. The van der Waals surface area contributed by atoms with Crippen molar-refractivity contribution < 1.29 is 4.74 Å². The number of nitrogens with zero attached hydrogens (tertiary/aromatic N) is 2. The van der Waals surface area contributed by atoms with E-state index in [2.05, 4.69) is 53.0 Å². The van der Waals surface area contributed by atoms with Crippen molar-refractivity contribution in [2.45, 2.75) is 45.6 Å². The van der Waals surface area contributed by atoms with Gasteiger partial charge >= 0.3 is 0 Å². The predicted octanol–water partition coefficient (Wildman–Crippen LogP) is 4.48. The second-order valence-electron chi connectivity index (χ2n) is 7.74. The first-order valence-electron chi connectivity index (χ1n) is 10.1. The fourth-order valence-electron chi connectivity index (χ4n) is 3.93. The number of aryl methyl sites for hydroxylation is 2. The molecule has 2 aromatic rings. The van der Waals surface area contributed by atoms with Gasteiger partial charge < -0.3 is 10.1 Å². The van der Waals surface area contributed by atoms with Gasteiger partial charge in [-0.05, 0) is 68.3 Å². The number of benzene rings is 1. The van der Waals surface area contributed by atoms with Gasteiger partial charge in [0.2, 0.25) is 5.88 Å². The van der Waals surface area contributed by atoms with Gasteiger partial charge in [-0.25, -0.2) is 0 Å². The molecule has 2 aliphatic heterocycles. The van der Waals surface area contributed by atoms with E-state index in [1.165, 1.54) is 35.2 Å². The first kappa shape index (κ1) is 18.1. The van der Waals surface area contributed by atoms with Crippen molar-refractivity contribution in [2.75, 3.05) is 25.0 Å². The Kier molecular flexibility index (Phi) is 5.44. The van der Waals surface area contributed by atoms with E-state index in [0.29, 0.717) is 5.88 Å². The van der Waals surface area contributed by atoms with E-state index in [0.717, 1.165) is 56.9 Å². The van der Waals surface area contributed by atoms with Crippen LogP contribution in [0.1, 0.15) is 41.5 Å². The van der Waals surface area contributed by atoms with Gasteiger partial charge in [0.25, 0.3) is 0 Å². The number of nitrogens with one attached hydrogen (secondary N) is 1. The van der Waals surface area contributed by atoms with Gasteiger partial charge in [0, 0.05) is 24.9 Å². The summed E-state index contributed by atoms with van der Waals surface area (Å²) in [6, 6.07) is 11.0. The molecule has 1 aromatic heterocycles. The molecule has 0 unspecified atom stereocenters. The Bertz CT molecular complexity index is 830. The van der Waals surface area contributed by atoms with Crippen molar-refractivity contribution in [2.24, 2.45) is 0 Å². The molecule has 0 spiro atoms. The average Bonchev–Trinajstić information content (AvgIpc) is 2.67. The smallest absolute Gasteiger partial charge is 0.215 e. The number of anilines is 1. The van der Waals surface area contributed by atoms with E-state index in [1.54, 1.807) is 0 Å². The monoisotopic (exact) mass is 363 g/mol. The molecule has 0 radical (unpaired) electrons. The molecule has 27 heavy (non-hydrogen) atoms. The van der Waals surface area contributed by atoms with Crippen LogP contribution in [0.5, 0.6) is 5.88 Å². The van der Waals surface area contributed by atoms with Gasteiger partial charge in [-0.15, -0.1) is 0 Å². The molecule has 3 heterocycles. The Morgan fingerprint density at radius 2 is 1.96 bits per heavy atom. The van der Waals surface area contributed by atoms with Crippen molar-refractivity contribution in [3.05, 3.63) is 64.9 Å². The molecular formula is C23H29N3O. The highest BCUT2D eigenvalue weighted by molar-refractivity contribution is 5.53. The van der Waals surface area contributed by atoms with Crippen LogP contribution in [0, 0.1) is 6.92 Å². The minimum atomic E-state index is 0.707. The first-order valence-corrected chi connectivity index (χ1v) is 10.1. The summed E-state index contributed by atoms with van der Waals surface area (Å²) >= 11 is 0. The van der Waals surface area contributed by atoms with E-state index in [-0.39, 0.29) is 0 Å². The van der Waals surface area contributed by atoms with Crippen LogP contribution in [-0.2, 0) is 19.4 Å². The number of hydrogen-bond acceptors (Lipinski definition) is 4. The molecular weight excluding hydrogens is 334 g/mol. The Morgan fingerprint density at radius 1 is 1.07 bits per heavy atom. The number of rotatable bonds is 6. The standard InChI is InChI=1S/C23H29N3O/c1-17-5-7-19-11-13-26(16-21(19)15-17)12-3-4-14-27-22-10-9-20-8-6-18(2)24-23(20)25-22/h5,7,9-10,15H,2-4,6,8,11-14,16H2,1H3,(H,24,25). The van der Waals surface area contributed by atoms with E-state index in [1.807, 2.05) is 6.07 Å². The van der Waals surface area contributed by atoms with Crippen molar-refractivity contribution in [1.82, 2.24) is 9.88 Å². The fraction of sp³-hybridized carbons (Fsp3) is 0.435. The van der Waals surface area contributed by atoms with Crippen LogP contribution in [0.25, 0.3) is 0 Å². The number of allylic oxidation sites excluding steroid dienone is 1. The van der Waals surface area contributed by atoms with E-state index in [9.17, 15) is 0 Å². The summed E-state index contributed by atoms with van der Waals surface area (Å²) < 4.78 is 5.87. The highest BCUT2D eigenvalue weighted by Gasteiger charge is 2.16. The molecule has 2 aliphatic rings. The maximum absolute atomic E-state index is 5.87. The van der Waals surface area contributed by atoms with E-state index in [4.69, 9.17) is 4.74 Å². The molecule has 1 N–H and O–H groups in total. The quantitative estimate of drug-likeness (QED) is 0.768. The average molecular weight is 364 g/mol. The number of aromatic nitrogens is 1. The maximum Gasteiger partial charge on any atom is 0.215 e. The second kappa shape index (κ2) is 8.13. The molecule has 0 saturated carbocycles. The molecule has 0 saturated heterocycles. The number of unbranched alkanes of at least 4 members (excludes halogenated alkanes) is 1. The summed E-state index contributed by atoms with van der Waals surface area (Å²) in [5, 5.41) is 3.26. The largest absolute Gasteiger partial charge is 0.478 e. The Labute approximate surface area is 162 Å². The summed E-state index contributed by atoms with van der Waals surface area (Å²) in [5.74, 6) is 1.62. The van der Waals surface area contributed by atoms with Crippen molar-refractivity contribution in [1.29, 1.82) is 0 Å². The first-order chi connectivity index (χ1) is 13.2. The van der Waals surface area contributed by atoms with Crippen LogP contribution >= 0.6 is 0 Å². The van der Waals surface area contributed by atoms with Crippen LogP contribution in [0.3, 0.4) is 0 Å². The molecule has 0 aliphatic carbocycles. The molecule has 142 valence electrons. The fourth-order valence-corrected chi connectivity index (χ4v) is 3.93. The lowest BCUT2D eigenvalue weighted by atomic mass is 9.97. The number of fused-ring (bicyclic) bond motifs is 2. The minimum Gasteiger partial charge on any atom is -0.478 e. The van der Waals surface area contributed by atoms with Crippen LogP contribution in [-0.4, -0.2) is 29.6 Å². The van der Waals surface area contributed by atoms with Crippen LogP contribution in [0.4, 0.5) is 5.82 Å². The maximum atomic E-state index is 5.87. The minimum absolute atomic E-state index is 0.707. The van der Waals surface area contributed by atoms with Crippen molar-refractivity contribution >= 4 is 5.82 Å². The number of hydrogen-bond donors (Lipinski definition) is 1. The molecule has 0 fully saturated rings. The summed E-state index contributed by atoms with van der Waals surface area (Å²) in [7, 11) is 0. The Morgan fingerprint density at radius 3 is 2.89 bits per heavy atom. The van der Waals surface area contributed by atoms with Gasteiger partial charge in [0.05, 0.1) is 6.61 Å². The topological polar surface area (TPSA) is 37.4 Å². The summed E-state index contributed by atoms with van der Waals surface area (Å²) in [4.78, 5) is 7.14. The van der Waals surface area contributed by atoms with Gasteiger partial charge in [0.15, 0.2) is 0 Å². The van der Waals surface area contributed by atoms with Crippen molar-refractivity contribution in [3.8, 4) is 5.88 Å². The number of ether oxygens (including phenoxy) is 1. The van der Waals surface area contributed by atoms with Gasteiger partial charge in [-0.2, -0.15) is 4.98 Å². The molecule has 4 rings (SSSR count). The predicted molar refractivity (Wildman–Crippen MR) is 110 cm³/mol. The summed E-state index contributed by atoms with van der Waals surface area (Å²) in [6.07, 6.45) is 5.36. The highest BCUT2D eigenvalue weighted by Crippen LogP contribution is 2.26. The number of pyridine rings is 1. The lowest BCUT2D eigenvalue weighted by Crippen LogP contribution is -2.31. The van der Waals surface area contributed by atoms with Crippen LogP contribution in [0.15, 0.2) is 42.6 Å². The zero-order chi connectivity index (χ0) is 18.6. The molecule has 0 amide bonds. The van der Waals surface area contributed by atoms with Gasteiger partial charge in [-0.3, -0.25) is 4.90 Å². The van der Waals surface area contributed by atoms with Crippen LogP contribution < -0.4 is 10.1 Å². The summed E-state index contributed by atoms with van der Waals surface area (Å²) in [6.45, 7) is 10.3. The Hall–Kier alpha value is -2.33. The third-order valence-electron chi connectivity index (χ3n) is 5.52. The zero-order valence-corrected chi connectivity index (χ0v) is 16.3. The van der Waals surface area contributed by atoms with Gasteiger partial charge in [0.1, 0.15) is 5.82 Å². The lowest BCUT2D eigenvalue weighted by Gasteiger charge is -2.29. The molecule has 0 bridgehead atoms. The molecule has 0 atom stereocenters. The van der Waals surface area contributed by atoms with Gasteiger partial charge in [-0.1, -0.05) is 30.3 Å². The van der Waals surface area contributed by atoms with E-state index < -0.39 is 0 Å². The normalized spacial score (nSPS) is 16.4. The third-order valence-corrected chi connectivity index (χ3v) is 5.52. The Balaban J connectivity index is 1.20. The summed E-state index contributed by atoms with van der Waals surface area (Å²) in [5.41, 5.74) is 6.67. The molecule has 4 heteroatoms. The SMILES string of the molecule is C=C1CCc2ccc(OCCCCN3CCc4ccc(C)cc4C3)nc2N1. The zero-order valence-electron chi connectivity index (χ0n) is 16.3. The van der Waals surface area contributed by atoms with Crippen molar-refractivity contribution in [3.63, 3.8) is 0 Å². The van der Waals surface area contributed by atoms with Crippen LogP contribution in [0.2, 0.25) is 0 Å². The highest BCUT2D eigenvalue weighted by atomic mass is 16.5. The molecule has 1 aromatic carbocycles. The lowest BCUT2D eigenvalue weighted by molar-refractivity contribution is 0.233. The van der Waals surface area contributed by atoms with E-state index >= 15 is 0 Å². The second-order valence-corrected chi connectivity index (χ2v) is 7.74. The molecule has 4 nitrogen and oxygen atoms in total.